The average molecular weight is 159 g/mol. The summed E-state index contributed by atoms with van der Waals surface area (Å²) in [6.45, 7) is 2.23. The molecule has 0 aliphatic heterocycles. The summed E-state index contributed by atoms with van der Waals surface area (Å²) < 4.78 is 0. The third-order valence-electron chi connectivity index (χ3n) is 2.33. The van der Waals surface area contributed by atoms with Crippen LogP contribution in [-0.2, 0) is 0 Å². The Morgan fingerprint density at radius 3 is 2.40 bits per heavy atom. The van der Waals surface area contributed by atoms with E-state index in [-0.39, 0.29) is 0 Å². The lowest BCUT2D eigenvalue weighted by Gasteiger charge is -2.25. The van der Waals surface area contributed by atoms with Crippen LogP contribution >= 0.6 is 11.6 Å². The minimum atomic E-state index is 0.441. The number of hydrogen-bond donors (Lipinski definition) is 0. The molecule has 0 bridgehead atoms. The van der Waals surface area contributed by atoms with E-state index in [0.717, 1.165) is 5.88 Å². The highest BCUT2D eigenvalue weighted by Gasteiger charge is 2.28. The van der Waals surface area contributed by atoms with Gasteiger partial charge < -0.3 is 0 Å². The standard InChI is InChI=1S/C9H15Cl/c1-2-5-9(8-10)6-3-4-7-9/h3-4H,2,5-8H2,1H3. The van der Waals surface area contributed by atoms with E-state index in [1.165, 1.54) is 25.7 Å². The Labute approximate surface area is 68.3 Å². The lowest BCUT2D eigenvalue weighted by atomic mass is 9.83. The summed E-state index contributed by atoms with van der Waals surface area (Å²) in [5.41, 5.74) is 0.441. The number of rotatable bonds is 3. The van der Waals surface area contributed by atoms with Crippen molar-refractivity contribution < 1.29 is 0 Å². The van der Waals surface area contributed by atoms with Gasteiger partial charge in [-0.3, -0.25) is 0 Å². The van der Waals surface area contributed by atoms with Gasteiger partial charge >= 0.3 is 0 Å². The first-order valence-corrected chi connectivity index (χ1v) is 4.57. The molecule has 0 saturated heterocycles. The first-order chi connectivity index (χ1) is 4.83. The highest BCUT2D eigenvalue weighted by Crippen LogP contribution is 2.38. The molecule has 1 aliphatic carbocycles. The molecular formula is C9H15Cl. The van der Waals surface area contributed by atoms with Crippen LogP contribution in [0.4, 0.5) is 0 Å². The van der Waals surface area contributed by atoms with Crippen LogP contribution in [0.25, 0.3) is 0 Å². The van der Waals surface area contributed by atoms with Crippen molar-refractivity contribution in [2.24, 2.45) is 5.41 Å². The molecular weight excluding hydrogens is 144 g/mol. The van der Waals surface area contributed by atoms with E-state index in [1.54, 1.807) is 0 Å². The second kappa shape index (κ2) is 3.43. The van der Waals surface area contributed by atoms with E-state index >= 15 is 0 Å². The Kier molecular flexibility index (Phi) is 2.79. The molecule has 1 aliphatic rings. The zero-order chi connectivity index (χ0) is 7.45. The molecule has 58 valence electrons. The van der Waals surface area contributed by atoms with Gasteiger partial charge in [0.15, 0.2) is 0 Å². The van der Waals surface area contributed by atoms with Crippen LogP contribution in [0.5, 0.6) is 0 Å². The first kappa shape index (κ1) is 8.13. The minimum absolute atomic E-state index is 0.441. The van der Waals surface area contributed by atoms with Gasteiger partial charge in [-0.25, -0.2) is 0 Å². The zero-order valence-corrected chi connectivity index (χ0v) is 7.32. The summed E-state index contributed by atoms with van der Waals surface area (Å²) >= 11 is 5.90. The normalized spacial score (nSPS) is 21.8. The van der Waals surface area contributed by atoms with E-state index in [9.17, 15) is 0 Å². The van der Waals surface area contributed by atoms with Crippen molar-refractivity contribution in [3.63, 3.8) is 0 Å². The summed E-state index contributed by atoms with van der Waals surface area (Å²) in [7, 11) is 0. The maximum absolute atomic E-state index is 5.90. The van der Waals surface area contributed by atoms with Gasteiger partial charge in [-0.1, -0.05) is 25.5 Å². The molecule has 0 heterocycles. The smallest absolute Gasteiger partial charge is 0.0285 e. The molecule has 1 rings (SSSR count). The lowest BCUT2D eigenvalue weighted by molar-refractivity contribution is 0.324. The molecule has 10 heavy (non-hydrogen) atoms. The predicted molar refractivity (Wildman–Crippen MR) is 46.4 cm³/mol. The molecule has 0 aromatic carbocycles. The second-order valence-electron chi connectivity index (χ2n) is 3.26. The molecule has 0 unspecified atom stereocenters. The zero-order valence-electron chi connectivity index (χ0n) is 6.57. The van der Waals surface area contributed by atoms with E-state index in [0.29, 0.717) is 5.41 Å². The third kappa shape index (κ3) is 1.54. The van der Waals surface area contributed by atoms with Crippen LogP contribution in [0.3, 0.4) is 0 Å². The topological polar surface area (TPSA) is 0 Å². The van der Waals surface area contributed by atoms with Crippen molar-refractivity contribution in [2.75, 3.05) is 5.88 Å². The van der Waals surface area contributed by atoms with Crippen molar-refractivity contribution >= 4 is 11.6 Å². The summed E-state index contributed by atoms with van der Waals surface area (Å²) in [6, 6.07) is 0. The van der Waals surface area contributed by atoms with Gasteiger partial charge in [0.2, 0.25) is 0 Å². The van der Waals surface area contributed by atoms with Gasteiger partial charge in [-0.15, -0.1) is 11.6 Å². The molecule has 0 aromatic rings. The number of hydrogen-bond acceptors (Lipinski definition) is 0. The summed E-state index contributed by atoms with van der Waals surface area (Å²) in [6.07, 6.45) is 9.46. The quantitative estimate of drug-likeness (QED) is 0.437. The van der Waals surface area contributed by atoms with Crippen molar-refractivity contribution in [3.05, 3.63) is 12.2 Å². The molecule has 0 amide bonds. The van der Waals surface area contributed by atoms with Gasteiger partial charge in [0, 0.05) is 5.88 Å². The van der Waals surface area contributed by atoms with Crippen LogP contribution < -0.4 is 0 Å². The number of halogens is 1. The van der Waals surface area contributed by atoms with E-state index < -0.39 is 0 Å². The fraction of sp³-hybridized carbons (Fsp3) is 0.778. The Hall–Kier alpha value is 0.0300. The largest absolute Gasteiger partial charge is 0.126 e. The molecule has 0 aromatic heterocycles. The molecule has 0 saturated carbocycles. The van der Waals surface area contributed by atoms with Crippen LogP contribution in [0.1, 0.15) is 32.6 Å². The molecule has 0 atom stereocenters. The molecule has 0 N–H and O–H groups in total. The van der Waals surface area contributed by atoms with E-state index in [4.69, 9.17) is 11.6 Å². The maximum Gasteiger partial charge on any atom is 0.0285 e. The number of alkyl halides is 1. The molecule has 1 heteroatoms. The summed E-state index contributed by atoms with van der Waals surface area (Å²) in [5.74, 6) is 0.827. The van der Waals surface area contributed by atoms with Crippen molar-refractivity contribution in [1.29, 1.82) is 0 Å². The monoisotopic (exact) mass is 158 g/mol. The Bertz CT molecular complexity index is 119. The van der Waals surface area contributed by atoms with Gasteiger partial charge in [-0.05, 0) is 24.7 Å². The van der Waals surface area contributed by atoms with Crippen LogP contribution in [0.15, 0.2) is 12.2 Å². The maximum atomic E-state index is 5.90. The minimum Gasteiger partial charge on any atom is -0.126 e. The molecule has 0 spiro atoms. The second-order valence-corrected chi connectivity index (χ2v) is 3.53. The highest BCUT2D eigenvalue weighted by atomic mass is 35.5. The molecule has 0 fully saturated rings. The predicted octanol–water partition coefficient (Wildman–Crippen LogP) is 3.36. The van der Waals surface area contributed by atoms with Crippen LogP contribution in [-0.4, -0.2) is 5.88 Å². The van der Waals surface area contributed by atoms with Crippen LogP contribution in [0, 0.1) is 5.41 Å². The van der Waals surface area contributed by atoms with Gasteiger partial charge in [0.05, 0.1) is 0 Å². The molecule has 0 radical (unpaired) electrons. The van der Waals surface area contributed by atoms with Crippen molar-refractivity contribution in [2.45, 2.75) is 32.6 Å². The number of allylic oxidation sites excluding steroid dienone is 2. The van der Waals surface area contributed by atoms with Gasteiger partial charge in [-0.2, -0.15) is 0 Å². The van der Waals surface area contributed by atoms with Gasteiger partial charge in [0.25, 0.3) is 0 Å². The lowest BCUT2D eigenvalue weighted by Crippen LogP contribution is -2.18. The van der Waals surface area contributed by atoms with Gasteiger partial charge in [0.1, 0.15) is 0 Å². The van der Waals surface area contributed by atoms with Crippen molar-refractivity contribution in [3.8, 4) is 0 Å². The fourth-order valence-corrected chi connectivity index (χ4v) is 2.01. The summed E-state index contributed by atoms with van der Waals surface area (Å²) in [4.78, 5) is 0. The Balaban J connectivity index is 2.44. The van der Waals surface area contributed by atoms with E-state index in [2.05, 4.69) is 19.1 Å². The summed E-state index contributed by atoms with van der Waals surface area (Å²) in [5, 5.41) is 0. The SMILES string of the molecule is CCCC1(CCl)CC=CC1. The van der Waals surface area contributed by atoms with Crippen LogP contribution in [0.2, 0.25) is 0 Å². The highest BCUT2D eigenvalue weighted by molar-refractivity contribution is 6.18. The Morgan fingerprint density at radius 1 is 1.40 bits per heavy atom. The fourth-order valence-electron chi connectivity index (χ4n) is 1.66. The van der Waals surface area contributed by atoms with Crippen molar-refractivity contribution in [1.82, 2.24) is 0 Å². The van der Waals surface area contributed by atoms with E-state index in [1.807, 2.05) is 0 Å². The molecule has 0 nitrogen and oxygen atoms in total. The average Bonchev–Trinajstić information content (AvgIpc) is 2.39. The first-order valence-electron chi connectivity index (χ1n) is 4.04. The third-order valence-corrected chi connectivity index (χ3v) is 2.90. The Morgan fingerprint density at radius 2 is 2.00 bits per heavy atom.